The molecule has 21 heavy (non-hydrogen) atoms. The molecule has 0 aromatic heterocycles. The quantitative estimate of drug-likeness (QED) is 0.619. The summed E-state index contributed by atoms with van der Waals surface area (Å²) >= 11 is 1.68. The first kappa shape index (κ1) is 15.6. The number of aromatic carboxylic acids is 1. The molecule has 0 unspecified atom stereocenters. The van der Waals surface area contributed by atoms with Crippen LogP contribution in [-0.4, -0.2) is 33.5 Å². The number of carboxylic acids is 1. The van der Waals surface area contributed by atoms with Gasteiger partial charge in [-0.15, -0.1) is 0 Å². The number of nitrogens with zero attached hydrogens (tertiary/aromatic N) is 1. The maximum Gasteiger partial charge on any atom is 0.338 e. The van der Waals surface area contributed by atoms with E-state index in [1.807, 2.05) is 6.26 Å². The number of carbonyl (C=O) groups is 1. The topological polar surface area (TPSA) is 92.5 Å². The van der Waals surface area contributed by atoms with Gasteiger partial charge in [0.2, 0.25) is 0 Å². The molecule has 1 aliphatic carbocycles. The van der Waals surface area contributed by atoms with Crippen molar-refractivity contribution in [2.75, 3.05) is 18.1 Å². The van der Waals surface area contributed by atoms with E-state index in [0.717, 1.165) is 31.4 Å². The van der Waals surface area contributed by atoms with Gasteiger partial charge in [-0.3, -0.25) is 10.1 Å². The highest BCUT2D eigenvalue weighted by molar-refractivity contribution is 8.00. The lowest BCUT2D eigenvalue weighted by atomic mass is 9.84. The molecule has 1 aliphatic rings. The summed E-state index contributed by atoms with van der Waals surface area (Å²) in [5, 5.41) is 22.8. The molecule has 0 radical (unpaired) electrons. The van der Waals surface area contributed by atoms with Crippen LogP contribution in [0.1, 0.15) is 29.6 Å². The van der Waals surface area contributed by atoms with Gasteiger partial charge < -0.3 is 10.4 Å². The summed E-state index contributed by atoms with van der Waals surface area (Å²) in [4.78, 5) is 21.2. The minimum Gasteiger partial charge on any atom is -0.478 e. The van der Waals surface area contributed by atoms with E-state index in [1.165, 1.54) is 0 Å². The third kappa shape index (κ3) is 3.10. The number of halogens is 1. The summed E-state index contributed by atoms with van der Waals surface area (Å²) in [6.07, 6.45) is 5.09. The highest BCUT2D eigenvalue weighted by atomic mass is 32.2. The van der Waals surface area contributed by atoms with Crippen LogP contribution >= 0.6 is 11.8 Å². The molecule has 0 spiro atoms. The molecule has 0 amide bonds. The Balaban J connectivity index is 2.27. The van der Waals surface area contributed by atoms with E-state index in [0.29, 0.717) is 6.54 Å². The number of anilines is 1. The van der Waals surface area contributed by atoms with Crippen molar-refractivity contribution in [3.05, 3.63) is 33.6 Å². The lowest BCUT2D eigenvalue weighted by Crippen LogP contribution is -2.40. The second kappa shape index (κ2) is 5.88. The Morgan fingerprint density at radius 3 is 2.67 bits per heavy atom. The molecule has 2 N–H and O–H groups in total. The van der Waals surface area contributed by atoms with Gasteiger partial charge in [0.15, 0.2) is 0 Å². The average Bonchev–Trinajstić information content (AvgIpc) is 2.37. The lowest BCUT2D eigenvalue weighted by molar-refractivity contribution is -0.384. The summed E-state index contributed by atoms with van der Waals surface area (Å²) in [6, 6.07) is 1.64. The van der Waals surface area contributed by atoms with Crippen LogP contribution in [0.3, 0.4) is 0 Å². The van der Waals surface area contributed by atoms with Crippen molar-refractivity contribution in [1.82, 2.24) is 0 Å². The summed E-state index contributed by atoms with van der Waals surface area (Å²) in [7, 11) is 0. The number of hydrogen-bond donors (Lipinski definition) is 2. The van der Waals surface area contributed by atoms with E-state index in [1.54, 1.807) is 11.8 Å². The number of thioether (sulfide) groups is 1. The SMILES string of the molecule is CSC1(CNc2cc(F)c(C(=O)O)cc2[N+](=O)[O-])CCC1. The summed E-state index contributed by atoms with van der Waals surface area (Å²) < 4.78 is 13.7. The molecular weight excluding hydrogens is 299 g/mol. The van der Waals surface area contributed by atoms with Crippen LogP contribution < -0.4 is 5.32 Å². The van der Waals surface area contributed by atoms with Crippen LogP contribution in [0.25, 0.3) is 0 Å². The van der Waals surface area contributed by atoms with Gasteiger partial charge in [-0.25, -0.2) is 9.18 Å². The Hall–Kier alpha value is -1.83. The molecule has 1 aromatic rings. The third-order valence-corrected chi connectivity index (χ3v) is 5.23. The molecule has 0 saturated heterocycles. The number of nitro groups is 1. The Morgan fingerprint density at radius 1 is 1.57 bits per heavy atom. The molecule has 2 rings (SSSR count). The van der Waals surface area contributed by atoms with Gasteiger partial charge in [0.25, 0.3) is 5.69 Å². The molecule has 6 nitrogen and oxygen atoms in total. The zero-order chi connectivity index (χ0) is 15.6. The second-order valence-corrected chi connectivity index (χ2v) is 6.28. The Bertz CT molecular complexity index is 584. The van der Waals surface area contributed by atoms with Crippen LogP contribution in [0, 0.1) is 15.9 Å². The maximum absolute atomic E-state index is 13.7. The van der Waals surface area contributed by atoms with E-state index in [2.05, 4.69) is 5.32 Å². The average molecular weight is 314 g/mol. The Kier molecular flexibility index (Phi) is 4.36. The minimum absolute atomic E-state index is 0.0165. The standard InChI is InChI=1S/C13H15FN2O4S/c1-21-13(3-2-4-13)7-15-10-6-9(14)8(12(17)18)5-11(10)16(19)20/h5-6,15H,2-4,7H2,1H3,(H,17,18). The molecule has 0 aliphatic heterocycles. The molecule has 8 heteroatoms. The van der Waals surface area contributed by atoms with Gasteiger partial charge in [0, 0.05) is 23.4 Å². The number of hydrogen-bond acceptors (Lipinski definition) is 5. The lowest BCUT2D eigenvalue weighted by Gasteiger charge is -2.40. The first-order valence-electron chi connectivity index (χ1n) is 6.39. The molecule has 1 fully saturated rings. The smallest absolute Gasteiger partial charge is 0.338 e. The maximum atomic E-state index is 13.7. The van der Waals surface area contributed by atoms with Gasteiger partial charge >= 0.3 is 5.97 Å². The molecule has 0 bridgehead atoms. The van der Waals surface area contributed by atoms with Crippen molar-refractivity contribution in [3.8, 4) is 0 Å². The third-order valence-electron chi connectivity index (χ3n) is 3.81. The number of nitrogens with one attached hydrogen (secondary N) is 1. The molecule has 0 heterocycles. The van der Waals surface area contributed by atoms with Gasteiger partial charge in [0.05, 0.1) is 4.92 Å². The minimum atomic E-state index is -1.53. The van der Waals surface area contributed by atoms with Gasteiger partial charge in [-0.05, 0) is 19.1 Å². The summed E-state index contributed by atoms with van der Waals surface area (Å²) in [5.74, 6) is -2.51. The van der Waals surface area contributed by atoms with E-state index in [-0.39, 0.29) is 10.4 Å². The van der Waals surface area contributed by atoms with Gasteiger partial charge in [0.1, 0.15) is 17.1 Å². The highest BCUT2D eigenvalue weighted by Gasteiger charge is 2.36. The summed E-state index contributed by atoms with van der Waals surface area (Å²) in [5.41, 5.74) is -1.11. The predicted molar refractivity (Wildman–Crippen MR) is 78.6 cm³/mol. The van der Waals surface area contributed by atoms with Crippen molar-refractivity contribution in [2.45, 2.75) is 24.0 Å². The Morgan fingerprint density at radius 2 is 2.24 bits per heavy atom. The van der Waals surface area contributed by atoms with Crippen molar-refractivity contribution in [1.29, 1.82) is 0 Å². The molecule has 114 valence electrons. The van der Waals surface area contributed by atoms with Crippen molar-refractivity contribution < 1.29 is 19.2 Å². The number of benzene rings is 1. The van der Waals surface area contributed by atoms with Crippen molar-refractivity contribution in [3.63, 3.8) is 0 Å². The molecular formula is C13H15FN2O4S. The van der Waals surface area contributed by atoms with Crippen molar-refractivity contribution in [2.24, 2.45) is 0 Å². The molecule has 1 aromatic carbocycles. The van der Waals surface area contributed by atoms with E-state index in [9.17, 15) is 19.3 Å². The zero-order valence-electron chi connectivity index (χ0n) is 11.4. The monoisotopic (exact) mass is 314 g/mol. The Labute approximate surface area is 124 Å². The van der Waals surface area contributed by atoms with Gasteiger partial charge in [-0.1, -0.05) is 6.42 Å². The number of rotatable bonds is 6. The molecule has 0 atom stereocenters. The first-order chi connectivity index (χ1) is 9.88. The predicted octanol–water partition coefficient (Wildman–Crippen LogP) is 3.13. The van der Waals surface area contributed by atoms with Crippen LogP contribution in [0.4, 0.5) is 15.8 Å². The van der Waals surface area contributed by atoms with Crippen LogP contribution in [0.5, 0.6) is 0 Å². The largest absolute Gasteiger partial charge is 0.478 e. The fraction of sp³-hybridized carbons (Fsp3) is 0.462. The number of carboxylic acid groups (broad SMARTS) is 1. The van der Waals surface area contributed by atoms with Crippen molar-refractivity contribution >= 4 is 29.1 Å². The van der Waals surface area contributed by atoms with E-state index >= 15 is 0 Å². The zero-order valence-corrected chi connectivity index (χ0v) is 12.2. The fourth-order valence-electron chi connectivity index (χ4n) is 2.30. The van der Waals surface area contributed by atoms with Gasteiger partial charge in [-0.2, -0.15) is 11.8 Å². The van der Waals surface area contributed by atoms with Crippen LogP contribution in [-0.2, 0) is 0 Å². The van der Waals surface area contributed by atoms with E-state index < -0.39 is 28.0 Å². The first-order valence-corrected chi connectivity index (χ1v) is 7.61. The van der Waals surface area contributed by atoms with Crippen LogP contribution in [0.15, 0.2) is 12.1 Å². The highest BCUT2D eigenvalue weighted by Crippen LogP contribution is 2.43. The normalized spacial score (nSPS) is 16.1. The number of nitro benzene ring substituents is 1. The second-order valence-electron chi connectivity index (χ2n) is 5.01. The van der Waals surface area contributed by atoms with Crippen LogP contribution in [0.2, 0.25) is 0 Å². The summed E-state index contributed by atoms with van der Waals surface area (Å²) in [6.45, 7) is 0.487. The molecule has 1 saturated carbocycles. The fourth-order valence-corrected chi connectivity index (χ4v) is 3.21. The van der Waals surface area contributed by atoms with E-state index in [4.69, 9.17) is 5.11 Å².